The first kappa shape index (κ1) is 18.8. The van der Waals surface area contributed by atoms with Crippen LogP contribution in [0, 0.1) is 0 Å². The van der Waals surface area contributed by atoms with Gasteiger partial charge in [0, 0.05) is 28.8 Å². The molecule has 0 aromatic heterocycles. The third kappa shape index (κ3) is 3.73. The SMILES string of the molecule is CC1CCN(C(=O)[C@@H]2CCCN2Cc2cc(Cl)ccc2Cl)c2ccccc21. The Bertz CT molecular complexity index is 854. The van der Waals surface area contributed by atoms with E-state index in [1.165, 1.54) is 5.56 Å². The Morgan fingerprint density at radius 1 is 1.11 bits per heavy atom. The van der Waals surface area contributed by atoms with Crippen molar-refractivity contribution in [2.24, 2.45) is 0 Å². The fourth-order valence-electron chi connectivity index (χ4n) is 4.34. The molecule has 4 rings (SSSR count). The van der Waals surface area contributed by atoms with E-state index in [2.05, 4.69) is 30.0 Å². The van der Waals surface area contributed by atoms with Gasteiger partial charge in [0.2, 0.25) is 5.91 Å². The molecular weight excluding hydrogens is 379 g/mol. The Morgan fingerprint density at radius 3 is 2.78 bits per heavy atom. The van der Waals surface area contributed by atoms with E-state index >= 15 is 0 Å². The Balaban J connectivity index is 1.56. The highest BCUT2D eigenvalue weighted by molar-refractivity contribution is 6.33. The minimum atomic E-state index is -0.0958. The zero-order chi connectivity index (χ0) is 19.0. The number of nitrogens with zero attached hydrogens (tertiary/aromatic N) is 2. The standard InChI is InChI=1S/C22H24Cl2N2O/c1-15-10-12-26(20-6-3-2-5-18(15)20)22(27)21-7-4-11-25(21)14-16-13-17(23)8-9-19(16)24/h2-3,5-6,8-9,13,15,21H,4,7,10-12,14H2,1H3/t15?,21-/m0/s1. The van der Waals surface area contributed by atoms with E-state index in [0.717, 1.165) is 43.6 Å². The van der Waals surface area contributed by atoms with E-state index in [9.17, 15) is 4.79 Å². The summed E-state index contributed by atoms with van der Waals surface area (Å²) in [7, 11) is 0. The number of benzene rings is 2. The van der Waals surface area contributed by atoms with Crippen molar-refractivity contribution in [2.75, 3.05) is 18.0 Å². The van der Waals surface area contributed by atoms with Crippen LogP contribution in [0.25, 0.3) is 0 Å². The smallest absolute Gasteiger partial charge is 0.244 e. The van der Waals surface area contributed by atoms with Crippen molar-refractivity contribution in [1.29, 1.82) is 0 Å². The second-order valence-corrected chi connectivity index (χ2v) is 8.45. The lowest BCUT2D eigenvalue weighted by atomic mass is 9.91. The minimum Gasteiger partial charge on any atom is -0.311 e. The highest BCUT2D eigenvalue weighted by Crippen LogP contribution is 2.36. The number of hydrogen-bond donors (Lipinski definition) is 0. The molecule has 1 amide bonds. The number of para-hydroxylation sites is 1. The summed E-state index contributed by atoms with van der Waals surface area (Å²) in [4.78, 5) is 17.7. The zero-order valence-electron chi connectivity index (χ0n) is 15.5. The van der Waals surface area contributed by atoms with Crippen molar-refractivity contribution in [2.45, 2.75) is 44.7 Å². The highest BCUT2D eigenvalue weighted by Gasteiger charge is 2.36. The molecule has 2 aliphatic heterocycles. The molecule has 1 unspecified atom stereocenters. The van der Waals surface area contributed by atoms with Crippen LogP contribution >= 0.6 is 23.2 Å². The van der Waals surface area contributed by atoms with E-state index in [1.54, 1.807) is 6.07 Å². The molecule has 142 valence electrons. The fraction of sp³-hybridized carbons (Fsp3) is 0.409. The number of rotatable bonds is 3. The molecule has 1 saturated heterocycles. The molecule has 0 radical (unpaired) electrons. The van der Waals surface area contributed by atoms with Crippen LogP contribution in [0.1, 0.15) is 43.2 Å². The molecule has 3 nitrogen and oxygen atoms in total. The summed E-state index contributed by atoms with van der Waals surface area (Å²) in [5.74, 6) is 0.709. The van der Waals surface area contributed by atoms with Gasteiger partial charge in [0.05, 0.1) is 6.04 Å². The van der Waals surface area contributed by atoms with E-state index in [4.69, 9.17) is 23.2 Å². The molecule has 2 heterocycles. The quantitative estimate of drug-likeness (QED) is 0.676. The van der Waals surface area contributed by atoms with Crippen molar-refractivity contribution in [3.05, 3.63) is 63.6 Å². The van der Waals surface area contributed by atoms with E-state index in [1.807, 2.05) is 23.1 Å². The summed E-state index contributed by atoms with van der Waals surface area (Å²) in [5, 5.41) is 1.38. The van der Waals surface area contributed by atoms with Gasteiger partial charge in [-0.05, 0) is 67.1 Å². The largest absolute Gasteiger partial charge is 0.311 e. The highest BCUT2D eigenvalue weighted by atomic mass is 35.5. The molecule has 27 heavy (non-hydrogen) atoms. The van der Waals surface area contributed by atoms with E-state index in [0.29, 0.717) is 22.5 Å². The molecule has 2 atom stereocenters. The number of likely N-dealkylation sites (tertiary alicyclic amines) is 1. The number of carbonyl (C=O) groups excluding carboxylic acids is 1. The Kier molecular flexibility index (Phi) is 5.45. The molecule has 1 fully saturated rings. The molecule has 2 aromatic rings. The first-order valence-corrected chi connectivity index (χ1v) is 10.4. The summed E-state index contributed by atoms with van der Waals surface area (Å²) in [6.45, 7) is 4.59. The predicted octanol–water partition coefficient (Wildman–Crippen LogP) is 5.50. The maximum atomic E-state index is 13.4. The van der Waals surface area contributed by atoms with Gasteiger partial charge in [-0.25, -0.2) is 0 Å². The maximum absolute atomic E-state index is 13.4. The average Bonchev–Trinajstić information content (AvgIpc) is 3.13. The predicted molar refractivity (Wildman–Crippen MR) is 112 cm³/mol. The van der Waals surface area contributed by atoms with Crippen molar-refractivity contribution >= 4 is 34.8 Å². The monoisotopic (exact) mass is 402 g/mol. The molecule has 5 heteroatoms. The normalized spacial score (nSPS) is 22.7. The molecule has 0 saturated carbocycles. The van der Waals surface area contributed by atoms with Crippen molar-refractivity contribution < 1.29 is 4.79 Å². The Morgan fingerprint density at radius 2 is 1.93 bits per heavy atom. The first-order valence-electron chi connectivity index (χ1n) is 9.63. The number of hydrogen-bond acceptors (Lipinski definition) is 2. The molecule has 0 aliphatic carbocycles. The van der Waals surface area contributed by atoms with Crippen molar-refractivity contribution in [3.63, 3.8) is 0 Å². The van der Waals surface area contributed by atoms with Gasteiger partial charge in [-0.1, -0.05) is 48.3 Å². The van der Waals surface area contributed by atoms with Gasteiger partial charge in [-0.15, -0.1) is 0 Å². The van der Waals surface area contributed by atoms with Gasteiger partial charge in [0.15, 0.2) is 0 Å². The lowest BCUT2D eigenvalue weighted by Gasteiger charge is -2.36. The number of halogens is 2. The average molecular weight is 403 g/mol. The van der Waals surface area contributed by atoms with E-state index in [-0.39, 0.29) is 11.9 Å². The minimum absolute atomic E-state index is 0.0958. The summed E-state index contributed by atoms with van der Waals surface area (Å²) < 4.78 is 0. The van der Waals surface area contributed by atoms with Crippen LogP contribution in [0.4, 0.5) is 5.69 Å². The Hall–Kier alpha value is -1.55. The van der Waals surface area contributed by atoms with Crippen molar-refractivity contribution in [1.82, 2.24) is 4.90 Å². The van der Waals surface area contributed by atoms with E-state index < -0.39 is 0 Å². The van der Waals surface area contributed by atoms with Crippen LogP contribution in [-0.4, -0.2) is 29.9 Å². The van der Waals surface area contributed by atoms with Gasteiger partial charge in [-0.2, -0.15) is 0 Å². The molecule has 0 N–H and O–H groups in total. The Labute approximate surface area is 170 Å². The van der Waals surface area contributed by atoms with Crippen LogP contribution in [0.2, 0.25) is 10.0 Å². The van der Waals surface area contributed by atoms with Crippen LogP contribution in [0.15, 0.2) is 42.5 Å². The summed E-state index contributed by atoms with van der Waals surface area (Å²) >= 11 is 12.5. The molecule has 0 spiro atoms. The van der Waals surface area contributed by atoms with Crippen LogP contribution in [-0.2, 0) is 11.3 Å². The van der Waals surface area contributed by atoms with Crippen LogP contribution < -0.4 is 4.90 Å². The number of fused-ring (bicyclic) bond motifs is 1. The van der Waals surface area contributed by atoms with Gasteiger partial charge in [0.1, 0.15) is 0 Å². The second kappa shape index (κ2) is 7.83. The van der Waals surface area contributed by atoms with Crippen molar-refractivity contribution in [3.8, 4) is 0 Å². The molecule has 2 aliphatic rings. The first-order chi connectivity index (χ1) is 13.0. The molecule has 0 bridgehead atoms. The lowest BCUT2D eigenvalue weighted by Crippen LogP contribution is -2.47. The summed E-state index contributed by atoms with van der Waals surface area (Å²) in [6, 6.07) is 13.7. The van der Waals surface area contributed by atoms with Gasteiger partial charge >= 0.3 is 0 Å². The third-order valence-corrected chi connectivity index (χ3v) is 6.44. The third-order valence-electron chi connectivity index (χ3n) is 5.84. The zero-order valence-corrected chi connectivity index (χ0v) is 17.0. The van der Waals surface area contributed by atoms with Crippen LogP contribution in [0.5, 0.6) is 0 Å². The molecule has 2 aromatic carbocycles. The number of amides is 1. The lowest BCUT2D eigenvalue weighted by molar-refractivity contribution is -0.123. The fourth-order valence-corrected chi connectivity index (χ4v) is 4.71. The summed E-state index contributed by atoms with van der Waals surface area (Å²) in [5.41, 5.74) is 3.34. The van der Waals surface area contributed by atoms with Gasteiger partial charge in [-0.3, -0.25) is 9.69 Å². The number of anilines is 1. The van der Waals surface area contributed by atoms with Crippen LogP contribution in [0.3, 0.4) is 0 Å². The maximum Gasteiger partial charge on any atom is 0.244 e. The number of carbonyl (C=O) groups is 1. The van der Waals surface area contributed by atoms with Gasteiger partial charge < -0.3 is 4.90 Å². The topological polar surface area (TPSA) is 23.6 Å². The second-order valence-electron chi connectivity index (χ2n) is 7.60. The van der Waals surface area contributed by atoms with Gasteiger partial charge in [0.25, 0.3) is 0 Å². The molecular formula is C22H24Cl2N2O. The summed E-state index contributed by atoms with van der Waals surface area (Å²) in [6.07, 6.45) is 2.93.